The number of benzene rings is 1. The summed E-state index contributed by atoms with van der Waals surface area (Å²) in [5, 5.41) is 2.28. The van der Waals surface area contributed by atoms with Crippen LogP contribution in [-0.2, 0) is 4.79 Å². The molecule has 7 heteroatoms. The van der Waals surface area contributed by atoms with Gasteiger partial charge >= 0.3 is 0 Å². The van der Waals surface area contributed by atoms with E-state index in [0.717, 1.165) is 16.8 Å². The van der Waals surface area contributed by atoms with Crippen molar-refractivity contribution in [3.8, 4) is 0 Å². The van der Waals surface area contributed by atoms with E-state index in [1.807, 2.05) is 30.9 Å². The summed E-state index contributed by atoms with van der Waals surface area (Å²) in [6, 6.07) is 6.13. The minimum Gasteiger partial charge on any atom is -0.364 e. The zero-order chi connectivity index (χ0) is 16.6. The highest BCUT2D eigenvalue weighted by Crippen LogP contribution is 2.25. The molecule has 0 radical (unpaired) electrons. The van der Waals surface area contributed by atoms with Crippen molar-refractivity contribution < 1.29 is 9.59 Å². The summed E-state index contributed by atoms with van der Waals surface area (Å²) >= 11 is 1.33. The van der Waals surface area contributed by atoms with Crippen molar-refractivity contribution in [1.29, 1.82) is 0 Å². The second kappa shape index (κ2) is 6.00. The van der Waals surface area contributed by atoms with Crippen LogP contribution in [0.5, 0.6) is 0 Å². The second-order valence-corrected chi connectivity index (χ2v) is 6.53. The van der Waals surface area contributed by atoms with E-state index in [0.29, 0.717) is 18.2 Å². The van der Waals surface area contributed by atoms with Crippen LogP contribution in [0.1, 0.15) is 21.6 Å². The van der Waals surface area contributed by atoms with Crippen LogP contribution in [0.3, 0.4) is 0 Å². The van der Waals surface area contributed by atoms with E-state index in [-0.39, 0.29) is 18.1 Å². The molecule has 2 heterocycles. The number of aryl methyl sites for hydroxylation is 2. The number of primary amides is 1. The summed E-state index contributed by atoms with van der Waals surface area (Å²) in [6.07, 6.45) is 0. The minimum atomic E-state index is -0.548. The Balaban J connectivity index is 1.76. The summed E-state index contributed by atoms with van der Waals surface area (Å²) in [6.45, 7) is 5.56. The molecule has 3 rings (SSSR count). The predicted octanol–water partition coefficient (Wildman–Crippen LogP) is 1.71. The lowest BCUT2D eigenvalue weighted by Gasteiger charge is -2.34. The number of nitrogens with zero attached hydrogens (tertiary/aromatic N) is 3. The Morgan fingerprint density at radius 1 is 1.22 bits per heavy atom. The number of piperazine rings is 1. The van der Waals surface area contributed by atoms with Crippen LogP contribution in [0.2, 0.25) is 0 Å². The Hall–Kier alpha value is -2.41. The molecule has 0 spiro atoms. The first-order valence-corrected chi connectivity index (χ1v) is 8.21. The van der Waals surface area contributed by atoms with Crippen LogP contribution in [0.4, 0.5) is 10.8 Å². The first-order chi connectivity index (χ1) is 10.9. The van der Waals surface area contributed by atoms with Gasteiger partial charge in [-0.3, -0.25) is 9.59 Å². The number of aromatic nitrogens is 1. The van der Waals surface area contributed by atoms with Gasteiger partial charge in [0.2, 0.25) is 5.91 Å². The topological polar surface area (TPSA) is 79.5 Å². The maximum absolute atomic E-state index is 12.5. The molecule has 0 atom stereocenters. The number of hydrogen-bond donors (Lipinski definition) is 1. The molecule has 1 aromatic carbocycles. The molecule has 0 bridgehead atoms. The molecule has 0 unspecified atom stereocenters. The van der Waals surface area contributed by atoms with E-state index in [4.69, 9.17) is 5.73 Å². The summed E-state index contributed by atoms with van der Waals surface area (Å²) in [5.74, 6) is -0.523. The number of anilines is 2. The Bertz CT molecular complexity index is 751. The summed E-state index contributed by atoms with van der Waals surface area (Å²) < 4.78 is 0. The molecule has 2 amide bonds. The second-order valence-electron chi connectivity index (χ2n) is 5.69. The highest BCUT2D eigenvalue weighted by molar-refractivity contribution is 7.14. The van der Waals surface area contributed by atoms with Crippen molar-refractivity contribution in [2.24, 2.45) is 5.73 Å². The number of amides is 2. The van der Waals surface area contributed by atoms with Gasteiger partial charge in [0.1, 0.15) is 5.69 Å². The standard InChI is InChI=1S/C16H18N4O2S/c1-10-5-11(2)7-12(6-10)20-4-3-19(8-14(20)21)16-18-13(9-23-16)15(17)22/h5-7,9H,3-4,8H2,1-2H3,(H2,17,22). The third-order valence-electron chi connectivity index (χ3n) is 3.75. The van der Waals surface area contributed by atoms with Gasteiger partial charge in [0.15, 0.2) is 5.13 Å². The van der Waals surface area contributed by atoms with Gasteiger partial charge < -0.3 is 15.5 Å². The highest BCUT2D eigenvalue weighted by Gasteiger charge is 2.27. The first kappa shape index (κ1) is 15.5. The fourth-order valence-electron chi connectivity index (χ4n) is 2.74. The normalized spacial score (nSPS) is 15.1. The highest BCUT2D eigenvalue weighted by atomic mass is 32.1. The Morgan fingerprint density at radius 2 is 1.91 bits per heavy atom. The molecule has 120 valence electrons. The Morgan fingerprint density at radius 3 is 2.48 bits per heavy atom. The van der Waals surface area contributed by atoms with E-state index in [2.05, 4.69) is 11.1 Å². The van der Waals surface area contributed by atoms with Gasteiger partial charge in [0, 0.05) is 24.2 Å². The summed E-state index contributed by atoms with van der Waals surface area (Å²) in [7, 11) is 0. The first-order valence-electron chi connectivity index (χ1n) is 7.33. The Kier molecular flexibility index (Phi) is 4.04. The third kappa shape index (κ3) is 3.19. The van der Waals surface area contributed by atoms with Crippen LogP contribution >= 0.6 is 11.3 Å². The molecule has 0 aliphatic carbocycles. The fraction of sp³-hybridized carbons (Fsp3) is 0.312. The van der Waals surface area contributed by atoms with Gasteiger partial charge in [0.05, 0.1) is 6.54 Å². The molecule has 1 saturated heterocycles. The molecule has 1 aliphatic rings. The SMILES string of the molecule is Cc1cc(C)cc(N2CCN(c3nc(C(N)=O)cs3)CC2=O)c1. The van der Waals surface area contributed by atoms with Crippen molar-refractivity contribution in [2.75, 3.05) is 29.4 Å². The van der Waals surface area contributed by atoms with Crippen LogP contribution in [0, 0.1) is 13.8 Å². The van der Waals surface area contributed by atoms with Crippen molar-refractivity contribution in [3.63, 3.8) is 0 Å². The number of nitrogens with two attached hydrogens (primary N) is 1. The number of thiazole rings is 1. The quantitative estimate of drug-likeness (QED) is 0.929. The third-order valence-corrected chi connectivity index (χ3v) is 4.66. The number of rotatable bonds is 3. The summed E-state index contributed by atoms with van der Waals surface area (Å²) in [4.78, 5) is 31.5. The monoisotopic (exact) mass is 330 g/mol. The van der Waals surface area contributed by atoms with E-state index in [1.165, 1.54) is 11.3 Å². The zero-order valence-electron chi connectivity index (χ0n) is 13.1. The minimum absolute atomic E-state index is 0.0251. The fourth-order valence-corrected chi connectivity index (χ4v) is 3.58. The molecule has 23 heavy (non-hydrogen) atoms. The van der Waals surface area contributed by atoms with Crippen molar-refractivity contribution in [3.05, 3.63) is 40.4 Å². The van der Waals surface area contributed by atoms with Crippen LogP contribution in [0.15, 0.2) is 23.6 Å². The molecule has 0 saturated carbocycles. The molecular formula is C16H18N4O2S. The Labute approximate surface area is 138 Å². The van der Waals surface area contributed by atoms with Gasteiger partial charge in [-0.25, -0.2) is 4.98 Å². The maximum Gasteiger partial charge on any atom is 0.268 e. The van der Waals surface area contributed by atoms with Gasteiger partial charge in [-0.15, -0.1) is 11.3 Å². The van der Waals surface area contributed by atoms with E-state index in [9.17, 15) is 9.59 Å². The number of carbonyl (C=O) groups is 2. The maximum atomic E-state index is 12.5. The molecule has 2 N–H and O–H groups in total. The molecule has 2 aromatic rings. The largest absolute Gasteiger partial charge is 0.364 e. The van der Waals surface area contributed by atoms with Crippen molar-refractivity contribution >= 4 is 34.0 Å². The van der Waals surface area contributed by atoms with Gasteiger partial charge in [0.25, 0.3) is 5.91 Å². The van der Waals surface area contributed by atoms with Gasteiger partial charge in [-0.05, 0) is 37.1 Å². The average Bonchev–Trinajstić information content (AvgIpc) is 2.96. The average molecular weight is 330 g/mol. The van der Waals surface area contributed by atoms with Crippen molar-refractivity contribution in [1.82, 2.24) is 4.98 Å². The molecule has 1 aliphatic heterocycles. The lowest BCUT2D eigenvalue weighted by Crippen LogP contribution is -2.50. The van der Waals surface area contributed by atoms with E-state index in [1.54, 1.807) is 10.3 Å². The number of carbonyl (C=O) groups excluding carboxylic acids is 2. The van der Waals surface area contributed by atoms with Crippen molar-refractivity contribution in [2.45, 2.75) is 13.8 Å². The lowest BCUT2D eigenvalue weighted by atomic mass is 10.1. The van der Waals surface area contributed by atoms with E-state index >= 15 is 0 Å². The van der Waals surface area contributed by atoms with Crippen LogP contribution < -0.4 is 15.5 Å². The molecular weight excluding hydrogens is 312 g/mol. The van der Waals surface area contributed by atoms with Gasteiger partial charge in [-0.1, -0.05) is 6.07 Å². The van der Waals surface area contributed by atoms with Crippen LogP contribution in [0.25, 0.3) is 0 Å². The van der Waals surface area contributed by atoms with E-state index < -0.39 is 5.91 Å². The zero-order valence-corrected chi connectivity index (χ0v) is 13.9. The predicted molar refractivity (Wildman–Crippen MR) is 91.1 cm³/mol. The molecule has 1 fully saturated rings. The summed E-state index contributed by atoms with van der Waals surface area (Å²) in [5.41, 5.74) is 8.68. The number of hydrogen-bond acceptors (Lipinski definition) is 5. The smallest absolute Gasteiger partial charge is 0.268 e. The lowest BCUT2D eigenvalue weighted by molar-refractivity contribution is -0.117. The molecule has 6 nitrogen and oxygen atoms in total. The van der Waals surface area contributed by atoms with Gasteiger partial charge in [-0.2, -0.15) is 0 Å². The molecule has 1 aromatic heterocycles. The van der Waals surface area contributed by atoms with Crippen LogP contribution in [-0.4, -0.2) is 36.4 Å².